The molecule has 0 saturated carbocycles. The normalized spacial score (nSPS) is 12.9. The Balaban J connectivity index is 3.00. The van der Waals surface area contributed by atoms with E-state index in [9.17, 15) is 13.2 Å². The fourth-order valence-electron chi connectivity index (χ4n) is 1.14. The average molecular weight is 204 g/mol. The summed E-state index contributed by atoms with van der Waals surface area (Å²) in [6.07, 6.45) is 0.393. The number of nitrogens with two attached hydrogens (primary N) is 2. The Labute approximate surface area is 79.7 Å². The minimum atomic E-state index is -1.48. The van der Waals surface area contributed by atoms with Crippen molar-refractivity contribution in [3.05, 3.63) is 35.1 Å². The van der Waals surface area contributed by atoms with Gasteiger partial charge >= 0.3 is 0 Å². The molecule has 0 aliphatic carbocycles. The lowest BCUT2D eigenvalue weighted by molar-refractivity contribution is 0.443. The van der Waals surface area contributed by atoms with E-state index in [0.717, 1.165) is 12.1 Å². The van der Waals surface area contributed by atoms with Gasteiger partial charge in [0.05, 0.1) is 0 Å². The Morgan fingerprint density at radius 2 is 1.64 bits per heavy atom. The molecule has 0 saturated heterocycles. The van der Waals surface area contributed by atoms with Crippen LogP contribution < -0.4 is 11.5 Å². The van der Waals surface area contributed by atoms with Gasteiger partial charge in [-0.1, -0.05) is 0 Å². The molecule has 5 heteroatoms. The predicted octanol–water partition coefficient (Wildman–Crippen LogP) is 1.45. The van der Waals surface area contributed by atoms with E-state index in [1.54, 1.807) is 0 Å². The highest BCUT2D eigenvalue weighted by atomic mass is 19.2. The van der Waals surface area contributed by atoms with Crippen molar-refractivity contribution in [2.24, 2.45) is 11.5 Å². The maximum atomic E-state index is 12.7. The Bertz CT molecular complexity index is 305. The molecule has 0 radical (unpaired) electrons. The maximum absolute atomic E-state index is 12.7. The monoisotopic (exact) mass is 204 g/mol. The van der Waals surface area contributed by atoms with Crippen molar-refractivity contribution in [1.29, 1.82) is 0 Å². The summed E-state index contributed by atoms with van der Waals surface area (Å²) in [6, 6.07) is 1.21. The lowest BCUT2D eigenvalue weighted by Gasteiger charge is -2.10. The number of halogens is 3. The highest BCUT2D eigenvalue weighted by molar-refractivity contribution is 5.22. The zero-order valence-corrected chi connectivity index (χ0v) is 7.43. The molecule has 0 heterocycles. The van der Waals surface area contributed by atoms with E-state index in [-0.39, 0.29) is 5.56 Å². The van der Waals surface area contributed by atoms with E-state index in [2.05, 4.69) is 0 Å². The number of hydrogen-bond acceptors (Lipinski definition) is 2. The van der Waals surface area contributed by atoms with Crippen LogP contribution in [0.5, 0.6) is 0 Å². The molecule has 0 unspecified atom stereocenters. The van der Waals surface area contributed by atoms with Crippen LogP contribution in [0.3, 0.4) is 0 Å². The average Bonchev–Trinajstić information content (AvgIpc) is 2.13. The summed E-state index contributed by atoms with van der Waals surface area (Å²) in [7, 11) is 0. The topological polar surface area (TPSA) is 52.0 Å². The van der Waals surface area contributed by atoms with Gasteiger partial charge in [-0.2, -0.15) is 0 Å². The first kappa shape index (κ1) is 11.0. The molecule has 0 bridgehead atoms. The van der Waals surface area contributed by atoms with Gasteiger partial charge < -0.3 is 11.5 Å². The van der Waals surface area contributed by atoms with Crippen LogP contribution in [0.1, 0.15) is 18.0 Å². The molecule has 14 heavy (non-hydrogen) atoms. The fourth-order valence-corrected chi connectivity index (χ4v) is 1.14. The van der Waals surface area contributed by atoms with Gasteiger partial charge in [-0.15, -0.1) is 0 Å². The Kier molecular flexibility index (Phi) is 3.49. The second-order valence-corrected chi connectivity index (χ2v) is 2.98. The van der Waals surface area contributed by atoms with Gasteiger partial charge in [-0.05, 0) is 30.7 Å². The molecule has 0 aliphatic rings. The summed E-state index contributed by atoms with van der Waals surface area (Å²) in [5.41, 5.74) is 11.0. The Morgan fingerprint density at radius 1 is 1.14 bits per heavy atom. The van der Waals surface area contributed by atoms with Crippen LogP contribution in [0, 0.1) is 17.5 Å². The molecule has 1 aromatic carbocycles. The molecule has 78 valence electrons. The lowest BCUT2D eigenvalue weighted by atomic mass is 10.0. The van der Waals surface area contributed by atoms with Gasteiger partial charge in [-0.3, -0.25) is 0 Å². The summed E-state index contributed by atoms with van der Waals surface area (Å²) in [5.74, 6) is -3.94. The van der Waals surface area contributed by atoms with Crippen molar-refractivity contribution in [2.75, 3.05) is 6.54 Å². The second-order valence-electron chi connectivity index (χ2n) is 2.98. The van der Waals surface area contributed by atoms with E-state index in [4.69, 9.17) is 11.5 Å². The maximum Gasteiger partial charge on any atom is 0.194 e. The number of benzene rings is 1. The van der Waals surface area contributed by atoms with Crippen LogP contribution in [-0.2, 0) is 0 Å². The molecule has 0 aromatic heterocycles. The highest BCUT2D eigenvalue weighted by Gasteiger charge is 2.13. The zero-order valence-electron chi connectivity index (χ0n) is 7.43. The Hall–Kier alpha value is -1.07. The third kappa shape index (κ3) is 2.24. The smallest absolute Gasteiger partial charge is 0.194 e. The van der Waals surface area contributed by atoms with Gasteiger partial charge in [0.1, 0.15) is 0 Å². The molecule has 2 nitrogen and oxygen atoms in total. The summed E-state index contributed by atoms with van der Waals surface area (Å²) >= 11 is 0. The molecule has 0 amide bonds. The van der Waals surface area contributed by atoms with Crippen LogP contribution in [0.4, 0.5) is 13.2 Å². The number of hydrogen-bond donors (Lipinski definition) is 2. The molecule has 0 spiro atoms. The Morgan fingerprint density at radius 3 is 2.07 bits per heavy atom. The third-order valence-electron chi connectivity index (χ3n) is 1.91. The number of rotatable bonds is 3. The summed E-state index contributed by atoms with van der Waals surface area (Å²) in [4.78, 5) is 0. The largest absolute Gasteiger partial charge is 0.330 e. The summed E-state index contributed by atoms with van der Waals surface area (Å²) in [6.45, 7) is 0.307. The van der Waals surface area contributed by atoms with Crippen molar-refractivity contribution in [3.63, 3.8) is 0 Å². The molecule has 1 rings (SSSR count). The van der Waals surface area contributed by atoms with Crippen LogP contribution in [0.2, 0.25) is 0 Å². The first-order valence-corrected chi connectivity index (χ1v) is 4.16. The van der Waals surface area contributed by atoms with Crippen LogP contribution >= 0.6 is 0 Å². The molecule has 1 atom stereocenters. The highest BCUT2D eigenvalue weighted by Crippen LogP contribution is 2.19. The van der Waals surface area contributed by atoms with Gasteiger partial charge in [0, 0.05) is 6.04 Å². The SMILES string of the molecule is NCC[C@H](N)c1cc(F)c(F)c(F)c1. The van der Waals surface area contributed by atoms with E-state index < -0.39 is 23.5 Å². The van der Waals surface area contributed by atoms with E-state index in [0.29, 0.717) is 13.0 Å². The van der Waals surface area contributed by atoms with Crippen LogP contribution in [-0.4, -0.2) is 6.54 Å². The van der Waals surface area contributed by atoms with Gasteiger partial charge in [0.2, 0.25) is 0 Å². The third-order valence-corrected chi connectivity index (χ3v) is 1.91. The zero-order chi connectivity index (χ0) is 10.7. The van der Waals surface area contributed by atoms with Gasteiger partial charge in [0.15, 0.2) is 17.5 Å². The van der Waals surface area contributed by atoms with E-state index >= 15 is 0 Å². The standard InChI is InChI=1S/C9H11F3N2/c10-6-3-5(8(14)1-2-13)4-7(11)9(6)12/h3-4,8H,1-2,13-14H2/t8-/m0/s1. The molecular weight excluding hydrogens is 193 g/mol. The molecule has 0 aliphatic heterocycles. The first-order valence-electron chi connectivity index (χ1n) is 4.16. The van der Waals surface area contributed by atoms with E-state index in [1.165, 1.54) is 0 Å². The van der Waals surface area contributed by atoms with Crippen LogP contribution in [0.25, 0.3) is 0 Å². The second kappa shape index (κ2) is 4.43. The van der Waals surface area contributed by atoms with Crippen molar-refractivity contribution >= 4 is 0 Å². The molecule has 0 fully saturated rings. The lowest BCUT2D eigenvalue weighted by Crippen LogP contribution is -2.16. The summed E-state index contributed by atoms with van der Waals surface area (Å²) in [5, 5.41) is 0. The molecule has 1 aromatic rings. The first-order chi connectivity index (χ1) is 6.56. The van der Waals surface area contributed by atoms with Crippen molar-refractivity contribution in [3.8, 4) is 0 Å². The quantitative estimate of drug-likeness (QED) is 0.732. The van der Waals surface area contributed by atoms with Gasteiger partial charge in [-0.25, -0.2) is 13.2 Å². The fraction of sp³-hybridized carbons (Fsp3) is 0.333. The van der Waals surface area contributed by atoms with Crippen molar-refractivity contribution in [2.45, 2.75) is 12.5 Å². The van der Waals surface area contributed by atoms with Gasteiger partial charge in [0.25, 0.3) is 0 Å². The van der Waals surface area contributed by atoms with Crippen molar-refractivity contribution in [1.82, 2.24) is 0 Å². The minimum Gasteiger partial charge on any atom is -0.330 e. The van der Waals surface area contributed by atoms with Crippen LogP contribution in [0.15, 0.2) is 12.1 Å². The minimum absolute atomic E-state index is 0.215. The summed E-state index contributed by atoms with van der Waals surface area (Å²) < 4.78 is 38.0. The van der Waals surface area contributed by atoms with Crippen molar-refractivity contribution < 1.29 is 13.2 Å². The molecular formula is C9H11F3N2. The molecule has 4 N–H and O–H groups in total. The predicted molar refractivity (Wildman–Crippen MR) is 46.9 cm³/mol. The van der Waals surface area contributed by atoms with E-state index in [1.807, 2.05) is 0 Å².